The van der Waals surface area contributed by atoms with Crippen molar-refractivity contribution in [2.45, 2.75) is 19.1 Å². The topological polar surface area (TPSA) is 90.5 Å². The molecule has 0 bridgehead atoms. The van der Waals surface area contributed by atoms with Crippen molar-refractivity contribution in [1.29, 1.82) is 0 Å². The van der Waals surface area contributed by atoms with E-state index < -0.39 is 0 Å². The molecule has 0 spiro atoms. The molecule has 1 saturated heterocycles. The number of ether oxygens (including phenoxy) is 1. The molecule has 0 unspecified atom stereocenters. The van der Waals surface area contributed by atoms with Crippen LogP contribution in [0.1, 0.15) is 22.5 Å². The van der Waals surface area contributed by atoms with Crippen LogP contribution in [0, 0.1) is 0 Å². The number of aromatic hydroxyl groups is 1. The predicted molar refractivity (Wildman–Crippen MR) is 88.7 cm³/mol. The predicted octanol–water partition coefficient (Wildman–Crippen LogP) is 1.14. The lowest BCUT2D eigenvalue weighted by atomic mass is 10.1. The Bertz CT molecular complexity index is 660. The molecule has 1 aliphatic heterocycles. The standard InChI is InChI=1S/C17H22N4O3/c22-16-4-2-1-3-15(16)17(23)19-6-5-14-11-21(7-8-24-14)10-13-9-18-12-20-13/h1-4,9,12,14,22H,5-8,10-11H2,(H,18,20)(H,19,23)/t14-/m1/s1. The van der Waals surface area contributed by atoms with Crippen molar-refractivity contribution in [3.8, 4) is 5.75 Å². The smallest absolute Gasteiger partial charge is 0.255 e. The second-order valence-electron chi connectivity index (χ2n) is 5.87. The van der Waals surface area contributed by atoms with E-state index in [0.29, 0.717) is 18.7 Å². The van der Waals surface area contributed by atoms with Gasteiger partial charge in [0.05, 0.1) is 24.6 Å². The van der Waals surface area contributed by atoms with E-state index in [9.17, 15) is 9.90 Å². The van der Waals surface area contributed by atoms with Gasteiger partial charge in [-0.25, -0.2) is 4.98 Å². The van der Waals surface area contributed by atoms with Crippen LogP contribution in [0.2, 0.25) is 0 Å². The number of imidazole rings is 1. The van der Waals surface area contributed by atoms with Gasteiger partial charge in [0.25, 0.3) is 5.91 Å². The van der Waals surface area contributed by atoms with Gasteiger partial charge >= 0.3 is 0 Å². The quantitative estimate of drug-likeness (QED) is 0.739. The minimum absolute atomic E-state index is 0.00495. The molecule has 24 heavy (non-hydrogen) atoms. The van der Waals surface area contributed by atoms with E-state index in [4.69, 9.17) is 4.74 Å². The van der Waals surface area contributed by atoms with E-state index in [1.165, 1.54) is 6.07 Å². The molecule has 0 saturated carbocycles. The van der Waals surface area contributed by atoms with Gasteiger partial charge < -0.3 is 20.1 Å². The number of morpholine rings is 1. The second-order valence-corrected chi connectivity index (χ2v) is 5.87. The molecule has 3 rings (SSSR count). The monoisotopic (exact) mass is 330 g/mol. The minimum atomic E-state index is -0.266. The number of hydrogen-bond acceptors (Lipinski definition) is 5. The third-order valence-corrected chi connectivity index (χ3v) is 4.07. The largest absolute Gasteiger partial charge is 0.507 e. The molecule has 128 valence electrons. The average molecular weight is 330 g/mol. The zero-order valence-corrected chi connectivity index (χ0v) is 13.4. The number of phenolic OH excluding ortho intramolecular Hbond substituents is 1. The Kier molecular flexibility index (Phi) is 5.45. The molecular formula is C17H22N4O3. The molecule has 2 aromatic rings. The molecule has 1 fully saturated rings. The highest BCUT2D eigenvalue weighted by molar-refractivity contribution is 5.96. The van der Waals surface area contributed by atoms with Crippen molar-refractivity contribution >= 4 is 5.91 Å². The minimum Gasteiger partial charge on any atom is -0.507 e. The van der Waals surface area contributed by atoms with E-state index >= 15 is 0 Å². The van der Waals surface area contributed by atoms with Crippen LogP contribution in [0.4, 0.5) is 0 Å². The van der Waals surface area contributed by atoms with Gasteiger partial charge in [-0.05, 0) is 18.6 Å². The number of para-hydroxylation sites is 1. The summed E-state index contributed by atoms with van der Waals surface area (Å²) in [6, 6.07) is 6.53. The van der Waals surface area contributed by atoms with Gasteiger partial charge in [-0.15, -0.1) is 0 Å². The fourth-order valence-electron chi connectivity index (χ4n) is 2.82. The van der Waals surface area contributed by atoms with Crippen molar-refractivity contribution < 1.29 is 14.6 Å². The van der Waals surface area contributed by atoms with Crippen LogP contribution in [0.3, 0.4) is 0 Å². The lowest BCUT2D eigenvalue weighted by molar-refractivity contribution is -0.0345. The molecule has 2 heterocycles. The highest BCUT2D eigenvalue weighted by atomic mass is 16.5. The summed E-state index contributed by atoms with van der Waals surface area (Å²) in [5.41, 5.74) is 1.38. The van der Waals surface area contributed by atoms with Crippen LogP contribution in [0.5, 0.6) is 5.75 Å². The van der Waals surface area contributed by atoms with Gasteiger partial charge in [0, 0.05) is 38.1 Å². The van der Waals surface area contributed by atoms with Crippen molar-refractivity contribution in [3.63, 3.8) is 0 Å². The number of phenols is 1. The Hall–Kier alpha value is -2.38. The first-order valence-corrected chi connectivity index (χ1v) is 8.10. The fourth-order valence-corrected chi connectivity index (χ4v) is 2.82. The van der Waals surface area contributed by atoms with Gasteiger partial charge in [0.15, 0.2) is 0 Å². The van der Waals surface area contributed by atoms with E-state index in [1.54, 1.807) is 24.5 Å². The summed E-state index contributed by atoms with van der Waals surface area (Å²) >= 11 is 0. The fraction of sp³-hybridized carbons (Fsp3) is 0.412. The molecule has 0 aliphatic carbocycles. The second kappa shape index (κ2) is 7.94. The van der Waals surface area contributed by atoms with Crippen molar-refractivity contribution in [1.82, 2.24) is 20.2 Å². The van der Waals surface area contributed by atoms with Gasteiger partial charge in [0.1, 0.15) is 5.75 Å². The highest BCUT2D eigenvalue weighted by Crippen LogP contribution is 2.15. The number of amides is 1. The number of aromatic nitrogens is 2. The summed E-state index contributed by atoms with van der Waals surface area (Å²) in [4.78, 5) is 21.5. The maximum absolute atomic E-state index is 12.0. The summed E-state index contributed by atoms with van der Waals surface area (Å²) in [5.74, 6) is -0.270. The molecule has 1 aromatic heterocycles. The van der Waals surface area contributed by atoms with E-state index in [0.717, 1.165) is 31.7 Å². The third-order valence-electron chi connectivity index (χ3n) is 4.07. The number of benzene rings is 1. The molecular weight excluding hydrogens is 308 g/mol. The summed E-state index contributed by atoms with van der Waals surface area (Å²) in [6.07, 6.45) is 4.34. The third kappa shape index (κ3) is 4.33. The highest BCUT2D eigenvalue weighted by Gasteiger charge is 2.21. The number of hydrogen-bond donors (Lipinski definition) is 3. The number of nitrogens with one attached hydrogen (secondary N) is 2. The average Bonchev–Trinajstić information content (AvgIpc) is 3.08. The van der Waals surface area contributed by atoms with Crippen LogP contribution in [-0.2, 0) is 11.3 Å². The molecule has 1 aliphatic rings. The molecule has 7 heteroatoms. The molecule has 1 amide bonds. The van der Waals surface area contributed by atoms with Gasteiger partial charge in [-0.3, -0.25) is 9.69 Å². The van der Waals surface area contributed by atoms with Crippen LogP contribution >= 0.6 is 0 Å². The summed E-state index contributed by atoms with van der Waals surface area (Å²) < 4.78 is 5.77. The van der Waals surface area contributed by atoms with E-state index in [-0.39, 0.29) is 17.8 Å². The van der Waals surface area contributed by atoms with Crippen molar-refractivity contribution in [2.75, 3.05) is 26.2 Å². The number of H-pyrrole nitrogens is 1. The molecule has 3 N–H and O–H groups in total. The van der Waals surface area contributed by atoms with Crippen LogP contribution in [0.25, 0.3) is 0 Å². The molecule has 1 aromatic carbocycles. The van der Waals surface area contributed by atoms with E-state index in [2.05, 4.69) is 20.2 Å². The number of carbonyl (C=O) groups is 1. The Balaban J connectivity index is 1.43. The van der Waals surface area contributed by atoms with Crippen LogP contribution < -0.4 is 5.32 Å². The molecule has 7 nitrogen and oxygen atoms in total. The lowest BCUT2D eigenvalue weighted by Crippen LogP contribution is -2.43. The summed E-state index contributed by atoms with van der Waals surface area (Å²) in [5, 5.41) is 12.5. The zero-order chi connectivity index (χ0) is 16.8. The summed E-state index contributed by atoms with van der Waals surface area (Å²) in [7, 11) is 0. The van der Waals surface area contributed by atoms with Gasteiger partial charge in [-0.2, -0.15) is 0 Å². The first-order valence-electron chi connectivity index (χ1n) is 8.10. The van der Waals surface area contributed by atoms with Crippen molar-refractivity contribution in [3.05, 3.63) is 48.0 Å². The van der Waals surface area contributed by atoms with Crippen molar-refractivity contribution in [2.24, 2.45) is 0 Å². The Morgan fingerprint density at radius 1 is 1.46 bits per heavy atom. The normalized spacial score (nSPS) is 18.4. The lowest BCUT2D eigenvalue weighted by Gasteiger charge is -2.32. The maximum Gasteiger partial charge on any atom is 0.255 e. The van der Waals surface area contributed by atoms with E-state index in [1.807, 2.05) is 6.20 Å². The number of rotatable bonds is 6. The Morgan fingerprint density at radius 2 is 2.33 bits per heavy atom. The maximum atomic E-state index is 12.0. The van der Waals surface area contributed by atoms with Gasteiger partial charge in [0.2, 0.25) is 0 Å². The number of carbonyl (C=O) groups excluding carboxylic acids is 1. The van der Waals surface area contributed by atoms with Crippen LogP contribution in [0.15, 0.2) is 36.8 Å². The summed E-state index contributed by atoms with van der Waals surface area (Å²) in [6.45, 7) is 3.73. The number of aromatic amines is 1. The zero-order valence-electron chi connectivity index (χ0n) is 13.4. The molecule has 0 radical (unpaired) electrons. The molecule has 1 atom stereocenters. The first-order chi connectivity index (χ1) is 11.7. The number of nitrogens with zero attached hydrogens (tertiary/aromatic N) is 2. The first kappa shape index (κ1) is 16.5. The Morgan fingerprint density at radius 3 is 3.12 bits per heavy atom. The SMILES string of the molecule is O=C(NCC[C@@H]1CN(Cc2cnc[nH]2)CCO1)c1ccccc1O. The Labute approximate surface area is 140 Å². The van der Waals surface area contributed by atoms with Gasteiger partial charge in [-0.1, -0.05) is 12.1 Å². The van der Waals surface area contributed by atoms with Crippen LogP contribution in [-0.4, -0.2) is 58.2 Å².